The molecule has 0 saturated carbocycles. The molecule has 0 aliphatic heterocycles. The molecule has 0 saturated heterocycles. The topological polar surface area (TPSA) is 20.2 Å². The number of hydrogen-bond donors (Lipinski definition) is 1. The smallest absolute Gasteiger partial charge is 0.0824 e. The molecule has 0 spiro atoms. The third-order valence-corrected chi connectivity index (χ3v) is 4.00. The Kier molecular flexibility index (Phi) is 4.96. The fraction of sp³-hybridized carbons (Fsp3) is 0.385. The van der Waals surface area contributed by atoms with Crippen molar-refractivity contribution in [1.82, 2.24) is 0 Å². The van der Waals surface area contributed by atoms with Gasteiger partial charge in [-0.05, 0) is 24.1 Å². The zero-order valence-corrected chi connectivity index (χ0v) is 12.7. The molecule has 0 aliphatic rings. The summed E-state index contributed by atoms with van der Waals surface area (Å²) in [5, 5.41) is 9.96. The molecule has 0 aliphatic carbocycles. The van der Waals surface area contributed by atoms with Gasteiger partial charge in [-0.1, -0.05) is 59.5 Å². The van der Waals surface area contributed by atoms with Gasteiger partial charge in [0.15, 0.2) is 0 Å². The third-order valence-electron chi connectivity index (χ3n) is 2.23. The van der Waals surface area contributed by atoms with Gasteiger partial charge in [-0.25, -0.2) is 0 Å². The lowest BCUT2D eigenvalue weighted by molar-refractivity contribution is 0.181. The molecule has 88 valence electrons. The molecule has 1 atom stereocenters. The van der Waals surface area contributed by atoms with Crippen molar-refractivity contribution in [2.24, 2.45) is 0 Å². The molecule has 1 rings (SSSR count). The first-order valence-electron chi connectivity index (χ1n) is 5.50. The number of rotatable bonds is 4. The van der Waals surface area contributed by atoms with E-state index in [-0.39, 0.29) is 6.10 Å². The molecule has 1 aromatic rings. The van der Waals surface area contributed by atoms with E-state index in [2.05, 4.69) is 47.3 Å². The van der Waals surface area contributed by atoms with Gasteiger partial charge in [0.05, 0.1) is 14.2 Å². The first-order valence-corrected chi connectivity index (χ1v) is 9.87. The fourth-order valence-corrected chi connectivity index (χ4v) is 2.48. The standard InChI is InChI=1S/C13H19BrOSi/c1-16(2,3)10-4-5-13(15)11-6-8-12(14)9-7-11/h4,6-10,13,15H,5H2,1-3H3/t13-/m1/s1. The minimum atomic E-state index is -1.13. The van der Waals surface area contributed by atoms with Gasteiger partial charge in [0.1, 0.15) is 0 Å². The van der Waals surface area contributed by atoms with E-state index in [0.717, 1.165) is 10.0 Å². The highest BCUT2D eigenvalue weighted by molar-refractivity contribution is 9.10. The highest BCUT2D eigenvalue weighted by Gasteiger charge is 2.08. The molecule has 0 bridgehead atoms. The third kappa shape index (κ3) is 5.10. The van der Waals surface area contributed by atoms with Gasteiger partial charge >= 0.3 is 0 Å². The van der Waals surface area contributed by atoms with Crippen LogP contribution in [0.4, 0.5) is 0 Å². The summed E-state index contributed by atoms with van der Waals surface area (Å²) in [6, 6.07) is 7.83. The van der Waals surface area contributed by atoms with Gasteiger partial charge < -0.3 is 5.11 Å². The van der Waals surface area contributed by atoms with Crippen molar-refractivity contribution >= 4 is 24.0 Å². The molecule has 0 unspecified atom stereocenters. The normalized spacial score (nSPS) is 14.3. The molecule has 0 fully saturated rings. The summed E-state index contributed by atoms with van der Waals surface area (Å²) in [6.07, 6.45) is 2.42. The van der Waals surface area contributed by atoms with Crippen molar-refractivity contribution in [2.45, 2.75) is 32.2 Å². The van der Waals surface area contributed by atoms with Crippen molar-refractivity contribution in [1.29, 1.82) is 0 Å². The Balaban J connectivity index is 2.56. The number of hydrogen-bond acceptors (Lipinski definition) is 1. The molecule has 0 aromatic heterocycles. The minimum absolute atomic E-state index is 0.388. The maximum absolute atomic E-state index is 9.96. The van der Waals surface area contributed by atoms with Crippen LogP contribution in [0.1, 0.15) is 18.1 Å². The number of aliphatic hydroxyl groups is 1. The van der Waals surface area contributed by atoms with Crippen LogP contribution in [-0.4, -0.2) is 13.2 Å². The monoisotopic (exact) mass is 298 g/mol. The van der Waals surface area contributed by atoms with E-state index in [4.69, 9.17) is 0 Å². The Hall–Kier alpha value is -0.383. The van der Waals surface area contributed by atoms with Crippen LogP contribution >= 0.6 is 15.9 Å². The Morgan fingerprint density at radius 3 is 2.31 bits per heavy atom. The molecular formula is C13H19BrOSi. The fourth-order valence-electron chi connectivity index (χ4n) is 1.37. The van der Waals surface area contributed by atoms with Crippen molar-refractivity contribution in [3.05, 3.63) is 46.1 Å². The van der Waals surface area contributed by atoms with Crippen molar-refractivity contribution in [3.8, 4) is 0 Å². The highest BCUT2D eigenvalue weighted by Crippen LogP contribution is 2.20. The van der Waals surface area contributed by atoms with Gasteiger partial charge in [-0.2, -0.15) is 0 Å². The zero-order valence-electron chi connectivity index (χ0n) is 10.1. The van der Waals surface area contributed by atoms with Crippen LogP contribution in [-0.2, 0) is 0 Å². The molecule has 16 heavy (non-hydrogen) atoms. The van der Waals surface area contributed by atoms with Crippen LogP contribution in [0.2, 0.25) is 19.6 Å². The molecule has 3 heteroatoms. The summed E-state index contributed by atoms with van der Waals surface area (Å²) in [5.41, 5.74) is 3.25. The summed E-state index contributed by atoms with van der Waals surface area (Å²) in [7, 11) is -1.13. The first kappa shape index (κ1) is 13.7. The van der Waals surface area contributed by atoms with Crippen LogP contribution in [0.25, 0.3) is 0 Å². The van der Waals surface area contributed by atoms with Crippen molar-refractivity contribution in [3.63, 3.8) is 0 Å². The molecular weight excluding hydrogens is 280 g/mol. The molecule has 1 nitrogen and oxygen atoms in total. The molecule has 1 aromatic carbocycles. The maximum Gasteiger partial charge on any atom is 0.0824 e. The van der Waals surface area contributed by atoms with Gasteiger partial charge in [0.25, 0.3) is 0 Å². The van der Waals surface area contributed by atoms with E-state index < -0.39 is 8.07 Å². The van der Waals surface area contributed by atoms with E-state index in [1.807, 2.05) is 24.3 Å². The molecule has 0 heterocycles. The van der Waals surface area contributed by atoms with Crippen LogP contribution in [0.3, 0.4) is 0 Å². The van der Waals surface area contributed by atoms with E-state index in [0.29, 0.717) is 6.42 Å². The number of aliphatic hydroxyl groups excluding tert-OH is 1. The Bertz CT molecular complexity index is 351. The Labute approximate surface area is 107 Å². The molecule has 0 amide bonds. The second-order valence-electron chi connectivity index (χ2n) is 5.07. The number of benzene rings is 1. The zero-order chi connectivity index (χ0) is 12.2. The predicted molar refractivity (Wildman–Crippen MR) is 76.2 cm³/mol. The van der Waals surface area contributed by atoms with Crippen molar-refractivity contribution in [2.75, 3.05) is 0 Å². The first-order chi connectivity index (χ1) is 7.38. The SMILES string of the molecule is C[Si](C)(C)C=CC[C@@H](O)c1ccc(Br)cc1. The van der Waals surface area contributed by atoms with Gasteiger partial charge in [0.2, 0.25) is 0 Å². The lowest BCUT2D eigenvalue weighted by atomic mass is 10.1. The van der Waals surface area contributed by atoms with Gasteiger partial charge in [-0.15, -0.1) is 0 Å². The summed E-state index contributed by atoms with van der Waals surface area (Å²) in [6.45, 7) is 6.86. The van der Waals surface area contributed by atoms with E-state index in [9.17, 15) is 5.11 Å². The van der Waals surface area contributed by atoms with E-state index >= 15 is 0 Å². The van der Waals surface area contributed by atoms with Crippen molar-refractivity contribution < 1.29 is 5.11 Å². The highest BCUT2D eigenvalue weighted by atomic mass is 79.9. The maximum atomic E-state index is 9.96. The predicted octanol–water partition coefficient (Wildman–Crippen LogP) is 4.31. The summed E-state index contributed by atoms with van der Waals surface area (Å²) in [5.74, 6) is 0. The van der Waals surface area contributed by atoms with Crippen LogP contribution in [0.15, 0.2) is 40.5 Å². The van der Waals surface area contributed by atoms with Crippen LogP contribution in [0, 0.1) is 0 Å². The summed E-state index contributed by atoms with van der Waals surface area (Å²) < 4.78 is 1.04. The summed E-state index contributed by atoms with van der Waals surface area (Å²) in [4.78, 5) is 0. The number of halogens is 1. The van der Waals surface area contributed by atoms with Gasteiger partial charge in [0, 0.05) is 4.47 Å². The van der Waals surface area contributed by atoms with Crippen LogP contribution < -0.4 is 0 Å². The van der Waals surface area contributed by atoms with E-state index in [1.54, 1.807) is 0 Å². The second kappa shape index (κ2) is 5.80. The largest absolute Gasteiger partial charge is 0.388 e. The average Bonchev–Trinajstić information content (AvgIpc) is 2.16. The Morgan fingerprint density at radius 2 is 1.81 bits per heavy atom. The lowest BCUT2D eigenvalue weighted by Gasteiger charge is -2.11. The van der Waals surface area contributed by atoms with Gasteiger partial charge in [-0.3, -0.25) is 0 Å². The minimum Gasteiger partial charge on any atom is -0.388 e. The second-order valence-corrected chi connectivity index (χ2v) is 11.1. The Morgan fingerprint density at radius 1 is 1.25 bits per heavy atom. The molecule has 0 radical (unpaired) electrons. The average molecular weight is 299 g/mol. The summed E-state index contributed by atoms with van der Waals surface area (Å²) >= 11 is 3.38. The quantitative estimate of drug-likeness (QED) is 0.822. The lowest BCUT2D eigenvalue weighted by Crippen LogP contribution is -2.15. The van der Waals surface area contributed by atoms with E-state index in [1.165, 1.54) is 0 Å². The molecule has 1 N–H and O–H groups in total. The van der Waals surface area contributed by atoms with Crippen LogP contribution in [0.5, 0.6) is 0 Å².